The van der Waals surface area contributed by atoms with Crippen molar-refractivity contribution in [2.24, 2.45) is 4.99 Å². The Kier molecular flexibility index (Phi) is 7.34. The highest BCUT2D eigenvalue weighted by molar-refractivity contribution is 14.0. The number of nitro groups is 1. The summed E-state index contributed by atoms with van der Waals surface area (Å²) in [5, 5.41) is 14.4. The summed E-state index contributed by atoms with van der Waals surface area (Å²) in [6.07, 6.45) is 2.64. The van der Waals surface area contributed by atoms with Crippen LogP contribution in [0.3, 0.4) is 0 Å². The summed E-state index contributed by atoms with van der Waals surface area (Å²) in [4.78, 5) is 18.3. The lowest BCUT2D eigenvalue weighted by Crippen LogP contribution is -2.35. The molecule has 1 heterocycles. The molecule has 0 atom stereocenters. The predicted molar refractivity (Wildman–Crippen MR) is 84.0 cm³/mol. The van der Waals surface area contributed by atoms with Gasteiger partial charge in [-0.3, -0.25) is 19.8 Å². The smallest absolute Gasteiger partial charge is 0.306 e. The van der Waals surface area contributed by atoms with Crippen molar-refractivity contribution in [3.05, 3.63) is 22.5 Å². The third-order valence-corrected chi connectivity index (χ3v) is 2.21. The Balaban J connectivity index is 0.00000324. The normalized spacial score (nSPS) is 9.47. The Bertz CT molecular complexity index is 433. The third kappa shape index (κ3) is 5.41. The fourth-order valence-electron chi connectivity index (χ4n) is 1.50. The molecule has 0 radical (unpaired) electrons. The maximum absolute atomic E-state index is 10.5. The van der Waals surface area contributed by atoms with Gasteiger partial charge in [-0.1, -0.05) is 0 Å². The van der Waals surface area contributed by atoms with Crippen LogP contribution in [0.25, 0.3) is 0 Å². The van der Waals surface area contributed by atoms with Gasteiger partial charge >= 0.3 is 5.69 Å². The number of rotatable bonds is 4. The van der Waals surface area contributed by atoms with E-state index >= 15 is 0 Å². The van der Waals surface area contributed by atoms with Gasteiger partial charge in [-0.05, 0) is 0 Å². The second kappa shape index (κ2) is 7.92. The highest BCUT2D eigenvalue weighted by Gasteiger charge is 2.08. The molecule has 0 fully saturated rings. The number of nitrogens with zero attached hydrogens (tertiary/aromatic N) is 6. The largest absolute Gasteiger partial charge is 0.349 e. The van der Waals surface area contributed by atoms with Gasteiger partial charge in [0.15, 0.2) is 5.96 Å². The Morgan fingerprint density at radius 2 is 2.00 bits per heavy atom. The summed E-state index contributed by atoms with van der Waals surface area (Å²) in [6.45, 7) is 1.03. The summed E-state index contributed by atoms with van der Waals surface area (Å²) in [7, 11) is 7.66. The molecule has 0 N–H and O–H groups in total. The van der Waals surface area contributed by atoms with Gasteiger partial charge in [0, 0.05) is 28.2 Å². The van der Waals surface area contributed by atoms with Crippen LogP contribution >= 0.6 is 24.0 Å². The molecule has 0 saturated carbocycles. The lowest BCUT2D eigenvalue weighted by atomic mass is 10.6. The van der Waals surface area contributed by atoms with Gasteiger partial charge in [0.1, 0.15) is 12.4 Å². The minimum Gasteiger partial charge on any atom is -0.349 e. The number of hydrogen-bond donors (Lipinski definition) is 0. The van der Waals surface area contributed by atoms with Gasteiger partial charge in [-0.15, -0.1) is 24.0 Å². The second-order valence-electron chi connectivity index (χ2n) is 4.19. The molecule has 1 rings (SSSR count). The Morgan fingerprint density at radius 1 is 1.42 bits per heavy atom. The molecule has 1 aromatic heterocycles. The molecule has 0 aliphatic rings. The summed E-state index contributed by atoms with van der Waals surface area (Å²) in [6, 6.07) is 0. The van der Waals surface area contributed by atoms with Crippen LogP contribution in [0.4, 0.5) is 5.69 Å². The SMILES string of the molecule is CN(C)C(=NCCn1cc([N+](=O)[O-])cn1)N(C)C.I. The summed E-state index contributed by atoms with van der Waals surface area (Å²) >= 11 is 0. The van der Waals surface area contributed by atoms with E-state index in [2.05, 4.69) is 10.1 Å². The van der Waals surface area contributed by atoms with Crippen LogP contribution in [-0.2, 0) is 6.54 Å². The first kappa shape index (κ1) is 17.6. The molecule has 0 amide bonds. The predicted octanol–water partition coefficient (Wildman–Crippen LogP) is 0.889. The van der Waals surface area contributed by atoms with E-state index in [9.17, 15) is 10.1 Å². The lowest BCUT2D eigenvalue weighted by molar-refractivity contribution is -0.385. The van der Waals surface area contributed by atoms with E-state index in [0.717, 1.165) is 5.96 Å². The maximum Gasteiger partial charge on any atom is 0.306 e. The van der Waals surface area contributed by atoms with E-state index in [0.29, 0.717) is 13.1 Å². The highest BCUT2D eigenvalue weighted by Crippen LogP contribution is 2.07. The number of aromatic nitrogens is 2. The average molecular weight is 382 g/mol. The molecule has 0 unspecified atom stereocenters. The van der Waals surface area contributed by atoms with Crippen LogP contribution in [0.1, 0.15) is 0 Å². The molecule has 9 heteroatoms. The van der Waals surface area contributed by atoms with Crippen LogP contribution in [0.15, 0.2) is 17.4 Å². The van der Waals surface area contributed by atoms with E-state index < -0.39 is 4.92 Å². The van der Waals surface area contributed by atoms with Crippen LogP contribution in [0.2, 0.25) is 0 Å². The Morgan fingerprint density at radius 3 is 2.42 bits per heavy atom. The van der Waals surface area contributed by atoms with Crippen LogP contribution in [-0.4, -0.2) is 65.2 Å². The first-order chi connectivity index (χ1) is 8.41. The summed E-state index contributed by atoms with van der Waals surface area (Å²) in [5.74, 6) is 0.844. The molecule has 0 bridgehead atoms. The van der Waals surface area contributed by atoms with Crippen LogP contribution < -0.4 is 0 Å². The average Bonchev–Trinajstić information content (AvgIpc) is 2.71. The monoisotopic (exact) mass is 382 g/mol. The third-order valence-electron chi connectivity index (χ3n) is 2.21. The fourth-order valence-corrected chi connectivity index (χ4v) is 1.50. The van der Waals surface area contributed by atoms with Gasteiger partial charge in [-0.2, -0.15) is 5.10 Å². The molecule has 0 saturated heterocycles. The number of aliphatic imine (C=N–C) groups is 1. The van der Waals surface area contributed by atoms with Gasteiger partial charge in [-0.25, -0.2) is 0 Å². The van der Waals surface area contributed by atoms with Gasteiger partial charge in [0.2, 0.25) is 0 Å². The lowest BCUT2D eigenvalue weighted by Gasteiger charge is -2.22. The number of halogens is 1. The Labute approximate surface area is 129 Å². The zero-order chi connectivity index (χ0) is 13.7. The molecule has 0 spiro atoms. The van der Waals surface area contributed by atoms with Gasteiger partial charge < -0.3 is 9.80 Å². The van der Waals surface area contributed by atoms with Crippen molar-refractivity contribution in [2.75, 3.05) is 34.7 Å². The van der Waals surface area contributed by atoms with Crippen molar-refractivity contribution < 1.29 is 4.92 Å². The zero-order valence-electron chi connectivity index (χ0n) is 11.5. The first-order valence-electron chi connectivity index (χ1n) is 5.47. The first-order valence-corrected chi connectivity index (χ1v) is 5.47. The molecule has 19 heavy (non-hydrogen) atoms. The van der Waals surface area contributed by atoms with Gasteiger partial charge in [0.25, 0.3) is 0 Å². The summed E-state index contributed by atoms with van der Waals surface area (Å²) < 4.78 is 1.52. The van der Waals surface area contributed by atoms with Crippen LogP contribution in [0, 0.1) is 10.1 Å². The quantitative estimate of drug-likeness (QED) is 0.254. The van der Waals surface area contributed by atoms with Crippen molar-refractivity contribution >= 4 is 35.6 Å². The van der Waals surface area contributed by atoms with Crippen LogP contribution in [0.5, 0.6) is 0 Å². The Hall–Kier alpha value is -1.39. The molecule has 1 aromatic rings. The number of hydrogen-bond acceptors (Lipinski definition) is 4. The van der Waals surface area contributed by atoms with Crippen molar-refractivity contribution in [3.8, 4) is 0 Å². The van der Waals surface area contributed by atoms with Crippen molar-refractivity contribution in [2.45, 2.75) is 6.54 Å². The maximum atomic E-state index is 10.5. The second-order valence-corrected chi connectivity index (χ2v) is 4.19. The molecule has 0 aromatic carbocycles. The topological polar surface area (TPSA) is 79.8 Å². The molecule has 0 aliphatic heterocycles. The van der Waals surface area contributed by atoms with Crippen molar-refractivity contribution in [1.82, 2.24) is 19.6 Å². The highest BCUT2D eigenvalue weighted by atomic mass is 127. The molecular formula is C10H19IN6O2. The summed E-state index contributed by atoms with van der Waals surface area (Å²) in [5.41, 5.74) is -0.000535. The van der Waals surface area contributed by atoms with Crippen molar-refractivity contribution in [1.29, 1.82) is 0 Å². The fraction of sp³-hybridized carbons (Fsp3) is 0.600. The van der Waals surface area contributed by atoms with E-state index in [1.807, 2.05) is 38.0 Å². The standard InChI is InChI=1S/C10H18N6O2.HI/c1-13(2)10(14(3)4)11-5-6-15-8-9(7-12-15)16(17)18;/h7-8H,5-6H2,1-4H3;1H. The van der Waals surface area contributed by atoms with Crippen molar-refractivity contribution in [3.63, 3.8) is 0 Å². The molecular weight excluding hydrogens is 363 g/mol. The molecule has 108 valence electrons. The zero-order valence-corrected chi connectivity index (χ0v) is 13.8. The minimum atomic E-state index is -0.460. The minimum absolute atomic E-state index is 0. The molecule has 8 nitrogen and oxygen atoms in total. The van der Waals surface area contributed by atoms with E-state index in [-0.39, 0.29) is 29.7 Å². The number of guanidine groups is 1. The van der Waals surface area contributed by atoms with E-state index in [1.54, 1.807) is 0 Å². The van der Waals surface area contributed by atoms with Gasteiger partial charge in [0.05, 0.1) is 18.0 Å². The van der Waals surface area contributed by atoms with E-state index in [1.165, 1.54) is 17.1 Å². The van der Waals surface area contributed by atoms with E-state index in [4.69, 9.17) is 0 Å². The molecule has 0 aliphatic carbocycles.